The standard InChI is InChI=1S/C4H6O.2CHNO.6CH4/c1-4(2)3-5;2*2-1-3;;;;;;/h3H,1H2,2H3;2*2H;6*1H4. The minimum absolute atomic E-state index is 0. The number of hydrogen-bond donors (Lipinski definition) is 2. The second-order valence-electron chi connectivity index (χ2n) is 1.17. The van der Waals surface area contributed by atoms with Gasteiger partial charge in [0.05, 0.1) is 0 Å². The molecule has 0 unspecified atom stereocenters. The quantitative estimate of drug-likeness (QED) is 0.313. The summed E-state index contributed by atoms with van der Waals surface area (Å²) in [6.07, 6.45) is 2.22. The summed E-state index contributed by atoms with van der Waals surface area (Å²) in [4.78, 5) is 26.1. The summed E-state index contributed by atoms with van der Waals surface area (Å²) in [6, 6.07) is 0. The lowest BCUT2D eigenvalue weighted by molar-refractivity contribution is -0.104. The van der Waals surface area contributed by atoms with Crippen LogP contribution in [0.5, 0.6) is 0 Å². The SMILES string of the molecule is C.C.C.C.C.C.C=C(C)C=O.N=C=O.N=C=O. The van der Waals surface area contributed by atoms with Gasteiger partial charge in [0.15, 0.2) is 0 Å². The summed E-state index contributed by atoms with van der Waals surface area (Å²) < 4.78 is 0. The highest BCUT2D eigenvalue weighted by Crippen LogP contribution is 1.70. The molecule has 0 rings (SSSR count). The van der Waals surface area contributed by atoms with Crippen molar-refractivity contribution in [3.63, 3.8) is 0 Å². The zero-order chi connectivity index (χ0) is 9.70. The second-order valence-corrected chi connectivity index (χ2v) is 1.17. The predicted octanol–water partition coefficient (Wildman–Crippen LogP) is 4.38. The Hall–Kier alpha value is -1.83. The molecule has 17 heavy (non-hydrogen) atoms. The second kappa shape index (κ2) is 141. The lowest BCUT2D eigenvalue weighted by Gasteiger charge is -1.65. The van der Waals surface area contributed by atoms with Crippen LogP contribution in [-0.2, 0) is 14.4 Å². The molecule has 0 aromatic rings. The molecule has 0 bridgehead atoms. The Morgan fingerprint density at radius 2 is 1.00 bits per heavy atom. The van der Waals surface area contributed by atoms with E-state index >= 15 is 0 Å². The highest BCUT2D eigenvalue weighted by molar-refractivity contribution is 5.70. The van der Waals surface area contributed by atoms with Gasteiger partial charge in [0.1, 0.15) is 6.29 Å². The maximum Gasteiger partial charge on any atom is 0.231 e. The van der Waals surface area contributed by atoms with Crippen LogP contribution in [0.3, 0.4) is 0 Å². The van der Waals surface area contributed by atoms with E-state index in [0.717, 1.165) is 18.4 Å². The number of carbonyl (C=O) groups excluding carboxylic acids is 3. The van der Waals surface area contributed by atoms with Gasteiger partial charge in [-0.25, -0.2) is 20.4 Å². The molecule has 0 aliphatic carbocycles. The maximum atomic E-state index is 9.41. The Labute approximate surface area is 108 Å². The van der Waals surface area contributed by atoms with Gasteiger partial charge < -0.3 is 0 Å². The lowest BCUT2D eigenvalue weighted by atomic mass is 10.4. The van der Waals surface area contributed by atoms with Gasteiger partial charge in [-0.15, -0.1) is 0 Å². The smallest absolute Gasteiger partial charge is 0.231 e. The van der Waals surface area contributed by atoms with E-state index in [2.05, 4.69) is 6.58 Å². The van der Waals surface area contributed by atoms with Crippen molar-refractivity contribution < 1.29 is 14.4 Å². The summed E-state index contributed by atoms with van der Waals surface area (Å²) in [6.45, 7) is 4.97. The highest BCUT2D eigenvalue weighted by Gasteiger charge is 1.66. The summed E-state index contributed by atoms with van der Waals surface area (Å²) in [7, 11) is 0. The third-order valence-electron chi connectivity index (χ3n) is 0.201. The van der Waals surface area contributed by atoms with E-state index in [0.29, 0.717) is 5.57 Å². The van der Waals surface area contributed by atoms with Gasteiger partial charge in [0.25, 0.3) is 0 Å². The molecule has 0 amide bonds. The monoisotopic (exact) mass is 252 g/mol. The van der Waals surface area contributed by atoms with Crippen LogP contribution in [-0.4, -0.2) is 18.4 Å². The average molecular weight is 252 g/mol. The fourth-order valence-corrected chi connectivity index (χ4v) is 0. The van der Waals surface area contributed by atoms with E-state index in [1.807, 2.05) is 0 Å². The summed E-state index contributed by atoms with van der Waals surface area (Å²) in [5.74, 6) is 0. The first-order valence-corrected chi connectivity index (χ1v) is 2.29. The van der Waals surface area contributed by atoms with Crippen molar-refractivity contribution in [1.82, 2.24) is 0 Å². The number of carbonyl (C=O) groups is 1. The fraction of sp³-hybridized carbons (Fsp3) is 0.583. The van der Waals surface area contributed by atoms with Gasteiger partial charge in [-0.3, -0.25) is 4.79 Å². The van der Waals surface area contributed by atoms with Crippen LogP contribution in [0.2, 0.25) is 0 Å². The minimum Gasteiger partial charge on any atom is -0.298 e. The summed E-state index contributed by atoms with van der Waals surface area (Å²) in [5.41, 5.74) is 0.574. The van der Waals surface area contributed by atoms with Gasteiger partial charge in [-0.05, 0) is 12.5 Å². The van der Waals surface area contributed by atoms with E-state index < -0.39 is 0 Å². The minimum atomic E-state index is 0. The maximum absolute atomic E-state index is 9.41. The summed E-state index contributed by atoms with van der Waals surface area (Å²) >= 11 is 0. The van der Waals surface area contributed by atoms with Gasteiger partial charge in [-0.2, -0.15) is 0 Å². The van der Waals surface area contributed by atoms with Gasteiger partial charge in [0.2, 0.25) is 12.2 Å². The zero-order valence-corrected chi connectivity index (χ0v) is 6.01. The third kappa shape index (κ3) is 72600. The zero-order valence-electron chi connectivity index (χ0n) is 6.01. The topological polar surface area (TPSA) is 98.9 Å². The predicted molar refractivity (Wildman–Crippen MR) is 78.1 cm³/mol. The molecule has 0 spiro atoms. The molecule has 0 heterocycles. The Balaban J connectivity index is -0.00000000707. The van der Waals surface area contributed by atoms with Crippen LogP contribution >= 0.6 is 0 Å². The first-order valence-electron chi connectivity index (χ1n) is 2.29. The van der Waals surface area contributed by atoms with Crippen molar-refractivity contribution in [3.8, 4) is 0 Å². The lowest BCUT2D eigenvalue weighted by Crippen LogP contribution is -1.65. The number of allylic oxidation sites excluding steroid dienone is 1. The molecule has 0 aliphatic heterocycles. The molecule has 0 fully saturated rings. The van der Waals surface area contributed by atoms with Crippen LogP contribution in [0.15, 0.2) is 12.2 Å². The van der Waals surface area contributed by atoms with Gasteiger partial charge in [0, 0.05) is 0 Å². The van der Waals surface area contributed by atoms with Crippen LogP contribution in [0.4, 0.5) is 0 Å². The van der Waals surface area contributed by atoms with Crippen LogP contribution in [0.25, 0.3) is 0 Å². The number of aldehydes is 1. The van der Waals surface area contributed by atoms with E-state index in [4.69, 9.17) is 20.4 Å². The number of nitrogens with one attached hydrogen (secondary N) is 2. The van der Waals surface area contributed by atoms with Crippen LogP contribution in [0.1, 0.15) is 51.5 Å². The van der Waals surface area contributed by atoms with E-state index in [1.54, 1.807) is 6.92 Å². The molecular formula is C12H32N2O3. The number of isocyanates is 2. The Kier molecular flexibility index (Phi) is 665. The van der Waals surface area contributed by atoms with Crippen molar-refractivity contribution in [2.45, 2.75) is 51.5 Å². The number of hydrogen-bond acceptors (Lipinski definition) is 5. The van der Waals surface area contributed by atoms with E-state index in [-0.39, 0.29) is 44.6 Å². The fourth-order valence-electron chi connectivity index (χ4n) is 0. The Morgan fingerprint density at radius 1 is 0.941 bits per heavy atom. The van der Waals surface area contributed by atoms with Crippen molar-refractivity contribution >= 4 is 18.4 Å². The molecule has 5 nitrogen and oxygen atoms in total. The largest absolute Gasteiger partial charge is 0.298 e. The van der Waals surface area contributed by atoms with Crippen molar-refractivity contribution in [1.29, 1.82) is 10.8 Å². The first kappa shape index (κ1) is 80.0. The molecule has 0 atom stereocenters. The van der Waals surface area contributed by atoms with Crippen LogP contribution < -0.4 is 0 Å². The molecule has 0 aliphatic rings. The molecule has 5 heteroatoms. The first-order chi connectivity index (χ1) is 5.10. The highest BCUT2D eigenvalue weighted by atomic mass is 16.1. The van der Waals surface area contributed by atoms with Crippen LogP contribution in [0, 0.1) is 10.8 Å². The Bertz CT molecular complexity index is 166. The molecule has 0 aromatic heterocycles. The van der Waals surface area contributed by atoms with E-state index in [1.165, 1.54) is 0 Å². The molecular weight excluding hydrogens is 220 g/mol. The van der Waals surface area contributed by atoms with E-state index in [9.17, 15) is 4.79 Å². The number of rotatable bonds is 1. The average Bonchev–Trinajstić information content (AvgIpc) is 1.91. The Morgan fingerprint density at radius 3 is 1.00 bits per heavy atom. The van der Waals surface area contributed by atoms with Gasteiger partial charge in [-0.1, -0.05) is 51.1 Å². The molecule has 0 saturated heterocycles. The van der Waals surface area contributed by atoms with Crippen molar-refractivity contribution in [3.05, 3.63) is 12.2 Å². The molecule has 0 radical (unpaired) electrons. The molecule has 108 valence electrons. The van der Waals surface area contributed by atoms with Crippen molar-refractivity contribution in [2.24, 2.45) is 0 Å². The summed E-state index contributed by atoms with van der Waals surface area (Å²) in [5, 5.41) is 10.8. The molecule has 2 N–H and O–H groups in total. The molecule has 0 saturated carbocycles. The normalized spacial score (nSPS) is 2.88. The van der Waals surface area contributed by atoms with Gasteiger partial charge >= 0.3 is 0 Å². The molecule has 0 aromatic carbocycles. The van der Waals surface area contributed by atoms with Crippen molar-refractivity contribution in [2.75, 3.05) is 0 Å². The third-order valence-corrected chi connectivity index (χ3v) is 0.201.